The standard InChI is InChI=1S/C12H21FN4/c1-8-10(13)11(17-7-16-8)15-6-9(14)5-12(2,3)4/h7,9H,5-6,14H2,1-4H3,(H,15,16,17). The molecule has 0 aromatic carbocycles. The number of nitrogens with zero attached hydrogens (tertiary/aromatic N) is 2. The summed E-state index contributed by atoms with van der Waals surface area (Å²) in [6.45, 7) is 8.49. The van der Waals surface area contributed by atoms with Crippen LogP contribution >= 0.6 is 0 Å². The molecule has 1 aromatic heterocycles. The lowest BCUT2D eigenvalue weighted by Gasteiger charge is -2.23. The van der Waals surface area contributed by atoms with Crippen molar-refractivity contribution in [3.05, 3.63) is 17.8 Å². The molecule has 0 aliphatic carbocycles. The summed E-state index contributed by atoms with van der Waals surface area (Å²) < 4.78 is 13.6. The van der Waals surface area contributed by atoms with Gasteiger partial charge in [0, 0.05) is 12.6 Å². The Morgan fingerprint density at radius 2 is 2.06 bits per heavy atom. The van der Waals surface area contributed by atoms with Gasteiger partial charge < -0.3 is 11.1 Å². The third-order valence-electron chi connectivity index (χ3n) is 2.37. The summed E-state index contributed by atoms with van der Waals surface area (Å²) in [5.74, 6) is -0.183. The molecule has 0 saturated heterocycles. The van der Waals surface area contributed by atoms with Crippen molar-refractivity contribution >= 4 is 5.82 Å². The van der Waals surface area contributed by atoms with Gasteiger partial charge in [0.05, 0.1) is 5.69 Å². The van der Waals surface area contributed by atoms with Crippen molar-refractivity contribution in [2.75, 3.05) is 11.9 Å². The number of hydrogen-bond acceptors (Lipinski definition) is 4. The minimum Gasteiger partial charge on any atom is -0.366 e. The number of rotatable bonds is 4. The van der Waals surface area contributed by atoms with E-state index >= 15 is 0 Å². The highest BCUT2D eigenvalue weighted by atomic mass is 19.1. The Kier molecular flexibility index (Phi) is 4.40. The first-order valence-electron chi connectivity index (χ1n) is 5.76. The van der Waals surface area contributed by atoms with Gasteiger partial charge in [-0.05, 0) is 18.8 Å². The van der Waals surface area contributed by atoms with Gasteiger partial charge in [-0.15, -0.1) is 0 Å². The zero-order valence-corrected chi connectivity index (χ0v) is 10.9. The number of anilines is 1. The predicted molar refractivity (Wildman–Crippen MR) is 67.3 cm³/mol. The van der Waals surface area contributed by atoms with E-state index in [1.54, 1.807) is 6.92 Å². The lowest BCUT2D eigenvalue weighted by Crippen LogP contribution is -2.33. The lowest BCUT2D eigenvalue weighted by atomic mass is 9.88. The second kappa shape index (κ2) is 5.40. The number of aromatic nitrogens is 2. The number of aryl methyl sites for hydroxylation is 1. The SMILES string of the molecule is Cc1ncnc(NCC(N)CC(C)(C)C)c1F. The third kappa shape index (κ3) is 4.65. The summed E-state index contributed by atoms with van der Waals surface area (Å²) in [6, 6.07) is -0.0235. The van der Waals surface area contributed by atoms with E-state index < -0.39 is 5.82 Å². The molecular weight excluding hydrogens is 219 g/mol. The third-order valence-corrected chi connectivity index (χ3v) is 2.37. The van der Waals surface area contributed by atoms with Crippen LogP contribution in [0, 0.1) is 18.2 Å². The van der Waals surface area contributed by atoms with Crippen molar-refractivity contribution in [3.63, 3.8) is 0 Å². The van der Waals surface area contributed by atoms with Gasteiger partial charge in [-0.2, -0.15) is 0 Å². The summed E-state index contributed by atoms with van der Waals surface area (Å²) in [5, 5.41) is 2.92. The maximum absolute atomic E-state index is 13.6. The fourth-order valence-corrected chi connectivity index (χ4v) is 1.67. The molecule has 3 N–H and O–H groups in total. The molecule has 0 saturated carbocycles. The largest absolute Gasteiger partial charge is 0.366 e. The minimum atomic E-state index is -0.407. The van der Waals surface area contributed by atoms with Crippen molar-refractivity contribution in [2.45, 2.75) is 40.2 Å². The number of hydrogen-bond donors (Lipinski definition) is 2. The molecule has 0 aliphatic rings. The van der Waals surface area contributed by atoms with Crippen molar-refractivity contribution < 1.29 is 4.39 Å². The monoisotopic (exact) mass is 240 g/mol. The van der Waals surface area contributed by atoms with E-state index in [4.69, 9.17) is 5.73 Å². The average Bonchev–Trinajstić information content (AvgIpc) is 2.18. The van der Waals surface area contributed by atoms with Gasteiger partial charge >= 0.3 is 0 Å². The molecule has 0 aliphatic heterocycles. The highest BCUT2D eigenvalue weighted by molar-refractivity contribution is 5.36. The molecule has 0 fully saturated rings. The van der Waals surface area contributed by atoms with Gasteiger partial charge in [-0.25, -0.2) is 14.4 Å². The lowest BCUT2D eigenvalue weighted by molar-refractivity contribution is 0.344. The van der Waals surface area contributed by atoms with Crippen molar-refractivity contribution in [1.29, 1.82) is 0 Å². The fraction of sp³-hybridized carbons (Fsp3) is 0.667. The molecule has 4 nitrogen and oxygen atoms in total. The molecule has 1 aromatic rings. The van der Waals surface area contributed by atoms with Crippen LogP contribution in [0.2, 0.25) is 0 Å². The number of halogens is 1. The summed E-state index contributed by atoms with van der Waals surface area (Å²) in [6.07, 6.45) is 2.21. The van der Waals surface area contributed by atoms with Crippen LogP contribution in [0.1, 0.15) is 32.9 Å². The highest BCUT2D eigenvalue weighted by Gasteiger charge is 2.16. The van der Waals surface area contributed by atoms with E-state index in [0.29, 0.717) is 12.2 Å². The van der Waals surface area contributed by atoms with Crippen LogP contribution in [0.5, 0.6) is 0 Å². The van der Waals surface area contributed by atoms with E-state index in [-0.39, 0.29) is 17.3 Å². The second-order valence-corrected chi connectivity index (χ2v) is 5.53. The van der Waals surface area contributed by atoms with Gasteiger partial charge in [-0.1, -0.05) is 20.8 Å². The van der Waals surface area contributed by atoms with Crippen LogP contribution in [-0.4, -0.2) is 22.6 Å². The van der Waals surface area contributed by atoms with Crippen molar-refractivity contribution in [3.8, 4) is 0 Å². The van der Waals surface area contributed by atoms with E-state index in [0.717, 1.165) is 6.42 Å². The van der Waals surface area contributed by atoms with Crippen LogP contribution in [0.15, 0.2) is 6.33 Å². The van der Waals surface area contributed by atoms with Gasteiger partial charge in [0.2, 0.25) is 0 Å². The first-order chi connectivity index (χ1) is 7.79. The molecule has 0 spiro atoms. The Balaban J connectivity index is 2.53. The molecule has 1 rings (SSSR count). The average molecular weight is 240 g/mol. The van der Waals surface area contributed by atoms with E-state index in [2.05, 4.69) is 36.1 Å². The summed E-state index contributed by atoms with van der Waals surface area (Å²) >= 11 is 0. The van der Waals surface area contributed by atoms with Gasteiger partial charge in [0.25, 0.3) is 0 Å². The second-order valence-electron chi connectivity index (χ2n) is 5.53. The molecule has 1 heterocycles. The first kappa shape index (κ1) is 13.8. The Bertz CT molecular complexity index is 373. The summed E-state index contributed by atoms with van der Waals surface area (Å²) in [5.41, 5.74) is 6.48. The Morgan fingerprint density at radius 3 is 2.65 bits per heavy atom. The van der Waals surface area contributed by atoms with Crippen molar-refractivity contribution in [2.24, 2.45) is 11.1 Å². The molecular formula is C12H21FN4. The molecule has 96 valence electrons. The van der Waals surface area contributed by atoms with Crippen LogP contribution in [0.4, 0.5) is 10.2 Å². The first-order valence-corrected chi connectivity index (χ1v) is 5.76. The van der Waals surface area contributed by atoms with Crippen LogP contribution in [-0.2, 0) is 0 Å². The molecule has 0 bridgehead atoms. The number of nitrogens with two attached hydrogens (primary N) is 1. The van der Waals surface area contributed by atoms with Gasteiger partial charge in [0.15, 0.2) is 11.6 Å². The Hall–Kier alpha value is -1.23. The Morgan fingerprint density at radius 1 is 1.41 bits per heavy atom. The Labute approximate surface area is 102 Å². The van der Waals surface area contributed by atoms with E-state index in [1.807, 2.05) is 0 Å². The van der Waals surface area contributed by atoms with Crippen LogP contribution in [0.25, 0.3) is 0 Å². The topological polar surface area (TPSA) is 63.8 Å². The zero-order chi connectivity index (χ0) is 13.1. The van der Waals surface area contributed by atoms with Gasteiger partial charge in [-0.3, -0.25) is 0 Å². The maximum atomic E-state index is 13.6. The minimum absolute atomic E-state index is 0.0235. The maximum Gasteiger partial charge on any atom is 0.186 e. The normalized spacial score (nSPS) is 13.5. The molecule has 17 heavy (non-hydrogen) atoms. The highest BCUT2D eigenvalue weighted by Crippen LogP contribution is 2.20. The molecule has 1 unspecified atom stereocenters. The smallest absolute Gasteiger partial charge is 0.186 e. The molecule has 0 radical (unpaired) electrons. The molecule has 1 atom stereocenters. The van der Waals surface area contributed by atoms with Gasteiger partial charge in [0.1, 0.15) is 6.33 Å². The number of nitrogens with one attached hydrogen (secondary N) is 1. The molecule has 0 amide bonds. The summed E-state index contributed by atoms with van der Waals surface area (Å²) in [7, 11) is 0. The predicted octanol–water partition coefficient (Wildman–Crippen LogP) is 2.10. The van der Waals surface area contributed by atoms with Crippen LogP contribution in [0.3, 0.4) is 0 Å². The van der Waals surface area contributed by atoms with E-state index in [1.165, 1.54) is 6.33 Å². The zero-order valence-electron chi connectivity index (χ0n) is 10.9. The fourth-order valence-electron chi connectivity index (χ4n) is 1.67. The quantitative estimate of drug-likeness (QED) is 0.846. The summed E-state index contributed by atoms with van der Waals surface area (Å²) in [4.78, 5) is 7.62. The molecule has 5 heteroatoms. The van der Waals surface area contributed by atoms with E-state index in [9.17, 15) is 4.39 Å². The van der Waals surface area contributed by atoms with Crippen LogP contribution < -0.4 is 11.1 Å². The van der Waals surface area contributed by atoms with Crippen molar-refractivity contribution in [1.82, 2.24) is 9.97 Å².